The topological polar surface area (TPSA) is 16.4 Å². The number of nitrogens with zero attached hydrogens (tertiary/aromatic N) is 1. The third kappa shape index (κ3) is 3.84. The highest BCUT2D eigenvalue weighted by Gasteiger charge is 2.22. The molecule has 38 heavy (non-hydrogen) atoms. The molecule has 0 fully saturated rings. The fourth-order valence-corrected chi connectivity index (χ4v) is 5.31. The van der Waals surface area contributed by atoms with E-state index in [9.17, 15) is 0 Å². The van der Waals surface area contributed by atoms with E-state index in [2.05, 4.69) is 138 Å². The lowest BCUT2D eigenvalue weighted by atomic mass is 9.99. The molecule has 2 heteroatoms. The summed E-state index contributed by atoms with van der Waals surface area (Å²) >= 11 is 0. The minimum absolute atomic E-state index is 0.851. The van der Waals surface area contributed by atoms with Crippen molar-refractivity contribution in [2.24, 2.45) is 0 Å². The first-order valence-corrected chi connectivity index (χ1v) is 12.9. The second-order valence-corrected chi connectivity index (χ2v) is 9.38. The first-order valence-electron chi connectivity index (χ1n) is 12.9. The molecule has 0 atom stereocenters. The fourth-order valence-electron chi connectivity index (χ4n) is 5.31. The number of fused-ring (bicyclic) bond motifs is 2. The van der Waals surface area contributed by atoms with Crippen LogP contribution < -0.4 is 4.90 Å². The van der Waals surface area contributed by atoms with Gasteiger partial charge in [-0.1, -0.05) is 115 Å². The molecule has 0 bridgehead atoms. The van der Waals surface area contributed by atoms with Crippen molar-refractivity contribution in [3.63, 3.8) is 0 Å². The molecule has 0 N–H and O–H groups in total. The van der Waals surface area contributed by atoms with Crippen molar-refractivity contribution in [2.75, 3.05) is 4.90 Å². The quantitative estimate of drug-likeness (QED) is 0.240. The second kappa shape index (κ2) is 9.42. The van der Waals surface area contributed by atoms with Crippen LogP contribution in [0.2, 0.25) is 0 Å². The van der Waals surface area contributed by atoms with Crippen molar-refractivity contribution in [1.82, 2.24) is 0 Å². The highest BCUT2D eigenvalue weighted by Crippen LogP contribution is 2.46. The molecule has 0 saturated carbocycles. The molecule has 2 nitrogen and oxygen atoms in total. The smallest absolute Gasteiger partial charge is 0.137 e. The number of hydrogen-bond donors (Lipinski definition) is 0. The molecule has 0 aliphatic carbocycles. The van der Waals surface area contributed by atoms with Gasteiger partial charge in [0.2, 0.25) is 0 Å². The third-order valence-electron chi connectivity index (χ3n) is 7.07. The zero-order chi connectivity index (χ0) is 25.3. The molecule has 7 aromatic rings. The highest BCUT2D eigenvalue weighted by atomic mass is 16.3. The summed E-state index contributed by atoms with van der Waals surface area (Å²) < 4.78 is 6.39. The average Bonchev–Trinajstić information content (AvgIpc) is 3.43. The van der Waals surface area contributed by atoms with E-state index in [-0.39, 0.29) is 0 Å². The summed E-state index contributed by atoms with van der Waals surface area (Å²) in [5.74, 6) is 0.851. The number of furan rings is 1. The highest BCUT2D eigenvalue weighted by molar-refractivity contribution is 6.03. The molecule has 0 amide bonds. The van der Waals surface area contributed by atoms with Crippen molar-refractivity contribution >= 4 is 38.8 Å². The van der Waals surface area contributed by atoms with Gasteiger partial charge < -0.3 is 9.32 Å². The molecule has 0 spiro atoms. The SMILES string of the molecule is c1ccc(-c2ccccc2N(c2ccccc2-c2cc3ccccc3o2)c2cccc3ccccc23)cc1. The summed E-state index contributed by atoms with van der Waals surface area (Å²) in [5, 5.41) is 3.49. The van der Waals surface area contributed by atoms with E-state index in [0.717, 1.165) is 39.4 Å². The van der Waals surface area contributed by atoms with Crippen LogP contribution in [-0.4, -0.2) is 0 Å². The predicted octanol–water partition coefficient (Wildman–Crippen LogP) is 10.4. The summed E-state index contributed by atoms with van der Waals surface area (Å²) in [6.07, 6.45) is 0. The Morgan fingerprint density at radius 3 is 1.82 bits per heavy atom. The first kappa shape index (κ1) is 22.1. The predicted molar refractivity (Wildman–Crippen MR) is 159 cm³/mol. The van der Waals surface area contributed by atoms with Gasteiger partial charge in [-0.25, -0.2) is 0 Å². The Balaban J connectivity index is 1.53. The van der Waals surface area contributed by atoms with Crippen LogP contribution in [0.4, 0.5) is 17.1 Å². The molecule has 180 valence electrons. The Morgan fingerprint density at radius 1 is 0.421 bits per heavy atom. The number of anilines is 3. The molecular weight excluding hydrogens is 462 g/mol. The lowest BCUT2D eigenvalue weighted by molar-refractivity contribution is 0.631. The Labute approximate surface area is 222 Å². The molecule has 1 heterocycles. The monoisotopic (exact) mass is 487 g/mol. The van der Waals surface area contributed by atoms with Crippen LogP contribution in [0, 0.1) is 0 Å². The molecule has 1 aromatic heterocycles. The van der Waals surface area contributed by atoms with E-state index in [1.807, 2.05) is 18.2 Å². The molecule has 0 radical (unpaired) electrons. The largest absolute Gasteiger partial charge is 0.456 e. The van der Waals surface area contributed by atoms with Gasteiger partial charge in [-0.2, -0.15) is 0 Å². The maximum atomic E-state index is 6.39. The van der Waals surface area contributed by atoms with E-state index in [0.29, 0.717) is 0 Å². The van der Waals surface area contributed by atoms with Crippen LogP contribution in [-0.2, 0) is 0 Å². The van der Waals surface area contributed by atoms with E-state index >= 15 is 0 Å². The van der Waals surface area contributed by atoms with Crippen molar-refractivity contribution < 1.29 is 4.42 Å². The maximum Gasteiger partial charge on any atom is 0.137 e. The van der Waals surface area contributed by atoms with E-state index < -0.39 is 0 Å². The van der Waals surface area contributed by atoms with Gasteiger partial charge in [0.15, 0.2) is 0 Å². The minimum Gasteiger partial charge on any atom is -0.456 e. The lowest BCUT2D eigenvalue weighted by Crippen LogP contribution is -2.12. The summed E-state index contributed by atoms with van der Waals surface area (Å²) in [7, 11) is 0. The molecule has 7 rings (SSSR count). The van der Waals surface area contributed by atoms with Gasteiger partial charge in [0.25, 0.3) is 0 Å². The average molecular weight is 488 g/mol. The Kier molecular flexibility index (Phi) is 5.49. The molecule has 0 unspecified atom stereocenters. The van der Waals surface area contributed by atoms with E-state index in [1.165, 1.54) is 21.9 Å². The van der Waals surface area contributed by atoms with Crippen molar-refractivity contribution in [2.45, 2.75) is 0 Å². The number of para-hydroxylation sites is 3. The number of rotatable bonds is 5. The van der Waals surface area contributed by atoms with Crippen LogP contribution >= 0.6 is 0 Å². The van der Waals surface area contributed by atoms with Crippen molar-refractivity contribution in [1.29, 1.82) is 0 Å². The zero-order valence-electron chi connectivity index (χ0n) is 20.8. The van der Waals surface area contributed by atoms with Gasteiger partial charge in [-0.05, 0) is 47.3 Å². The Bertz CT molecular complexity index is 1840. The normalized spacial score (nSPS) is 11.2. The summed E-state index contributed by atoms with van der Waals surface area (Å²) in [6, 6.07) is 53.2. The van der Waals surface area contributed by atoms with Crippen molar-refractivity contribution in [3.8, 4) is 22.5 Å². The van der Waals surface area contributed by atoms with Gasteiger partial charge in [0.05, 0.1) is 17.1 Å². The van der Waals surface area contributed by atoms with Gasteiger partial charge >= 0.3 is 0 Å². The first-order chi connectivity index (χ1) is 18.9. The summed E-state index contributed by atoms with van der Waals surface area (Å²) in [6.45, 7) is 0. The molecule has 0 aliphatic rings. The van der Waals surface area contributed by atoms with Gasteiger partial charge in [-0.15, -0.1) is 0 Å². The standard InChI is InChI=1S/C36H25NO/c1-2-13-26(14-3-1)29-19-7-9-21-32(29)37(33-23-12-17-27-15-4-6-18-30(27)33)34-22-10-8-20-31(34)36-25-28-16-5-11-24-35(28)38-36/h1-25H. The van der Waals surface area contributed by atoms with Crippen LogP contribution in [0.1, 0.15) is 0 Å². The summed E-state index contributed by atoms with van der Waals surface area (Å²) in [4.78, 5) is 2.38. The van der Waals surface area contributed by atoms with Crippen molar-refractivity contribution in [3.05, 3.63) is 152 Å². The zero-order valence-corrected chi connectivity index (χ0v) is 20.8. The van der Waals surface area contributed by atoms with E-state index in [4.69, 9.17) is 4.42 Å². The van der Waals surface area contributed by atoms with E-state index in [1.54, 1.807) is 0 Å². The van der Waals surface area contributed by atoms with Crippen LogP contribution in [0.5, 0.6) is 0 Å². The number of hydrogen-bond acceptors (Lipinski definition) is 2. The van der Waals surface area contributed by atoms with Gasteiger partial charge in [0, 0.05) is 21.9 Å². The van der Waals surface area contributed by atoms with Crippen LogP contribution in [0.15, 0.2) is 156 Å². The Morgan fingerprint density at radius 2 is 1.00 bits per heavy atom. The minimum atomic E-state index is 0.851. The van der Waals surface area contributed by atoms with Gasteiger partial charge in [0.1, 0.15) is 11.3 Å². The van der Waals surface area contributed by atoms with Crippen LogP contribution in [0.3, 0.4) is 0 Å². The fraction of sp³-hybridized carbons (Fsp3) is 0. The molecular formula is C36H25NO. The Hall–Kier alpha value is -5.08. The van der Waals surface area contributed by atoms with Gasteiger partial charge in [-0.3, -0.25) is 0 Å². The third-order valence-corrected chi connectivity index (χ3v) is 7.07. The lowest BCUT2D eigenvalue weighted by Gasteiger charge is -2.30. The maximum absolute atomic E-state index is 6.39. The second-order valence-electron chi connectivity index (χ2n) is 9.38. The molecule has 0 saturated heterocycles. The molecule has 6 aromatic carbocycles. The number of benzene rings is 6. The van der Waals surface area contributed by atoms with Crippen LogP contribution in [0.25, 0.3) is 44.2 Å². The molecule has 0 aliphatic heterocycles. The summed E-state index contributed by atoms with van der Waals surface area (Å²) in [5.41, 5.74) is 7.56.